The van der Waals surface area contributed by atoms with Crippen molar-refractivity contribution in [3.63, 3.8) is 0 Å². The Hall–Kier alpha value is -2.58. The zero-order chi connectivity index (χ0) is 22.4. The molecule has 0 aliphatic carbocycles. The number of ether oxygens (including phenoxy) is 2. The van der Waals surface area contributed by atoms with Gasteiger partial charge in [0.2, 0.25) is 5.91 Å². The van der Waals surface area contributed by atoms with Gasteiger partial charge < -0.3 is 9.47 Å². The van der Waals surface area contributed by atoms with E-state index in [1.165, 1.54) is 13.2 Å². The fraction of sp³-hybridized carbons (Fsp3) is 0.261. The molecule has 1 amide bonds. The van der Waals surface area contributed by atoms with Gasteiger partial charge in [-0.15, -0.1) is 0 Å². The number of fused-ring (bicyclic) bond motifs is 2. The van der Waals surface area contributed by atoms with E-state index in [0.29, 0.717) is 33.3 Å². The van der Waals surface area contributed by atoms with Gasteiger partial charge in [-0.3, -0.25) is 4.79 Å². The van der Waals surface area contributed by atoms with Crippen LogP contribution in [0.3, 0.4) is 0 Å². The molecule has 1 unspecified atom stereocenters. The molecular weight excluding hydrogens is 482 g/mol. The number of sulfonamides is 1. The zero-order valence-electron chi connectivity index (χ0n) is 17.3. The van der Waals surface area contributed by atoms with Gasteiger partial charge in [0, 0.05) is 17.4 Å². The molecule has 1 heterocycles. The lowest BCUT2D eigenvalue weighted by Gasteiger charge is -2.38. The Bertz CT molecular complexity index is 1280. The van der Waals surface area contributed by atoms with E-state index in [1.807, 2.05) is 32.0 Å². The number of rotatable bonds is 4. The summed E-state index contributed by atoms with van der Waals surface area (Å²) in [6.07, 6.45) is 0.295. The average molecular weight is 504 g/mol. The van der Waals surface area contributed by atoms with Crippen LogP contribution < -0.4 is 14.2 Å². The molecule has 0 bridgehead atoms. The van der Waals surface area contributed by atoms with Gasteiger partial charge in [-0.1, -0.05) is 36.4 Å². The summed E-state index contributed by atoms with van der Waals surface area (Å²) in [5.74, 6) is -0.437. The van der Waals surface area contributed by atoms with E-state index in [4.69, 9.17) is 9.47 Å². The second kappa shape index (κ2) is 7.84. The summed E-state index contributed by atoms with van der Waals surface area (Å²) in [5.41, 5.74) is -0.144. The highest BCUT2D eigenvalue weighted by molar-refractivity contribution is 9.10. The second-order valence-electron chi connectivity index (χ2n) is 8.06. The van der Waals surface area contributed by atoms with E-state index < -0.39 is 27.4 Å². The number of benzene rings is 3. The number of methoxy groups -OCH3 is 1. The Morgan fingerprint density at radius 3 is 2.58 bits per heavy atom. The summed E-state index contributed by atoms with van der Waals surface area (Å²) >= 11 is 3.47. The van der Waals surface area contributed by atoms with Crippen LogP contribution in [0.4, 0.5) is 0 Å². The van der Waals surface area contributed by atoms with Crippen molar-refractivity contribution in [1.29, 1.82) is 0 Å². The second-order valence-corrected chi connectivity index (χ2v) is 10.6. The minimum atomic E-state index is -4.10. The molecule has 1 atom stereocenters. The molecule has 1 aliphatic rings. The number of carbonyl (C=O) groups is 1. The number of carbonyl (C=O) groups excluding carboxylic acids is 1. The number of hydrogen-bond acceptors (Lipinski definition) is 5. The number of nitrogens with one attached hydrogen (secondary N) is 1. The molecule has 0 spiro atoms. The normalized spacial score (nSPS) is 17.5. The fourth-order valence-corrected chi connectivity index (χ4v) is 5.67. The summed E-state index contributed by atoms with van der Waals surface area (Å²) in [6.45, 7) is 3.72. The van der Waals surface area contributed by atoms with Gasteiger partial charge in [0.15, 0.2) is 0 Å². The lowest BCUT2D eigenvalue weighted by Crippen LogP contribution is -2.42. The van der Waals surface area contributed by atoms with Crippen LogP contribution in [0.2, 0.25) is 0 Å². The topological polar surface area (TPSA) is 81.7 Å². The van der Waals surface area contributed by atoms with Crippen molar-refractivity contribution in [2.75, 3.05) is 7.11 Å². The van der Waals surface area contributed by atoms with Crippen molar-refractivity contribution in [3.8, 4) is 11.5 Å². The van der Waals surface area contributed by atoms with Crippen LogP contribution in [-0.4, -0.2) is 27.0 Å². The lowest BCUT2D eigenvalue weighted by molar-refractivity contribution is -0.122. The third kappa shape index (κ3) is 4.02. The summed E-state index contributed by atoms with van der Waals surface area (Å²) in [4.78, 5) is 13.4. The Morgan fingerprint density at radius 2 is 1.84 bits per heavy atom. The van der Waals surface area contributed by atoms with E-state index >= 15 is 0 Å². The van der Waals surface area contributed by atoms with E-state index in [9.17, 15) is 13.2 Å². The van der Waals surface area contributed by atoms with Crippen LogP contribution >= 0.6 is 15.9 Å². The molecule has 0 saturated heterocycles. The van der Waals surface area contributed by atoms with Crippen molar-refractivity contribution >= 4 is 42.6 Å². The molecule has 1 aliphatic heterocycles. The summed E-state index contributed by atoms with van der Waals surface area (Å²) in [5, 5.41) is 1.33. The van der Waals surface area contributed by atoms with Crippen LogP contribution in [0.15, 0.2) is 64.0 Å². The van der Waals surface area contributed by atoms with Gasteiger partial charge in [0.1, 0.15) is 17.1 Å². The molecule has 0 fully saturated rings. The maximum Gasteiger partial charge on any atom is 0.264 e. The van der Waals surface area contributed by atoms with E-state index in [0.717, 1.165) is 5.39 Å². The van der Waals surface area contributed by atoms with Gasteiger partial charge in [-0.25, -0.2) is 13.1 Å². The van der Waals surface area contributed by atoms with E-state index in [2.05, 4.69) is 20.7 Å². The molecule has 8 heteroatoms. The highest BCUT2D eigenvalue weighted by Crippen LogP contribution is 2.49. The number of amides is 1. The molecule has 6 nitrogen and oxygen atoms in total. The first-order valence-corrected chi connectivity index (χ1v) is 12.0. The van der Waals surface area contributed by atoms with Crippen molar-refractivity contribution in [1.82, 2.24) is 4.72 Å². The van der Waals surface area contributed by atoms with E-state index in [-0.39, 0.29) is 4.90 Å². The predicted octanol–water partition coefficient (Wildman–Crippen LogP) is 4.76. The van der Waals surface area contributed by atoms with Crippen LogP contribution in [0.1, 0.15) is 31.7 Å². The summed E-state index contributed by atoms with van der Waals surface area (Å²) in [7, 11) is -2.59. The maximum absolute atomic E-state index is 13.3. The average Bonchev–Trinajstić information content (AvgIpc) is 2.72. The molecule has 31 heavy (non-hydrogen) atoms. The molecule has 0 saturated carbocycles. The summed E-state index contributed by atoms with van der Waals surface area (Å²) in [6, 6.07) is 15.6. The maximum atomic E-state index is 13.3. The Kier molecular flexibility index (Phi) is 5.47. The molecular formula is C23H22BrNO5S. The quantitative estimate of drug-likeness (QED) is 0.554. The number of hydrogen-bond donors (Lipinski definition) is 1. The van der Waals surface area contributed by atoms with Gasteiger partial charge >= 0.3 is 0 Å². The fourth-order valence-electron chi connectivity index (χ4n) is 3.99. The van der Waals surface area contributed by atoms with Gasteiger partial charge in [0.05, 0.1) is 22.4 Å². The van der Waals surface area contributed by atoms with Crippen molar-refractivity contribution < 1.29 is 22.7 Å². The van der Waals surface area contributed by atoms with E-state index in [1.54, 1.807) is 30.3 Å². The minimum Gasteiger partial charge on any atom is -0.496 e. The first kappa shape index (κ1) is 21.6. The molecule has 162 valence electrons. The first-order valence-electron chi connectivity index (χ1n) is 9.73. The third-order valence-corrected chi connectivity index (χ3v) is 7.37. The monoisotopic (exact) mass is 503 g/mol. The Morgan fingerprint density at radius 1 is 1.13 bits per heavy atom. The molecule has 0 radical (unpaired) electrons. The van der Waals surface area contributed by atoms with Gasteiger partial charge in [0.25, 0.3) is 10.0 Å². The predicted molar refractivity (Wildman–Crippen MR) is 122 cm³/mol. The highest BCUT2D eigenvalue weighted by atomic mass is 79.9. The first-order chi connectivity index (χ1) is 14.6. The summed E-state index contributed by atoms with van der Waals surface area (Å²) < 4.78 is 40.9. The number of halogens is 1. The molecule has 0 aromatic heterocycles. The van der Waals surface area contributed by atoms with Crippen molar-refractivity contribution in [2.24, 2.45) is 0 Å². The Balaban J connectivity index is 1.76. The SMILES string of the molecule is COc1ccc(Br)c2c1C(C(=O)NS(=O)(=O)c1cccc3ccccc13)CC(C)(C)O2. The van der Waals surface area contributed by atoms with Crippen molar-refractivity contribution in [3.05, 3.63) is 64.6 Å². The van der Waals surface area contributed by atoms with Crippen LogP contribution in [0.25, 0.3) is 10.8 Å². The van der Waals surface area contributed by atoms with Gasteiger partial charge in [-0.2, -0.15) is 0 Å². The third-order valence-electron chi connectivity index (χ3n) is 5.34. The standard InChI is InChI=1S/C23H22BrNO5S/c1-23(2)13-16(20-18(29-3)12-11-17(24)21(20)30-23)22(26)25-31(27,28)19-10-6-8-14-7-4-5-9-15(14)19/h4-12,16H,13H2,1-3H3,(H,25,26). The van der Waals surface area contributed by atoms with Crippen LogP contribution in [0, 0.1) is 0 Å². The highest BCUT2D eigenvalue weighted by Gasteiger charge is 2.41. The lowest BCUT2D eigenvalue weighted by atomic mass is 9.83. The molecule has 4 rings (SSSR count). The Labute approximate surface area is 189 Å². The smallest absolute Gasteiger partial charge is 0.264 e. The van der Waals surface area contributed by atoms with Gasteiger partial charge in [-0.05, 0) is 53.4 Å². The van der Waals surface area contributed by atoms with Crippen LogP contribution in [0.5, 0.6) is 11.5 Å². The zero-order valence-corrected chi connectivity index (χ0v) is 19.7. The van der Waals surface area contributed by atoms with Crippen LogP contribution in [-0.2, 0) is 14.8 Å². The largest absolute Gasteiger partial charge is 0.496 e. The molecule has 1 N–H and O–H groups in total. The van der Waals surface area contributed by atoms with Crippen molar-refractivity contribution in [2.45, 2.75) is 36.7 Å². The minimum absolute atomic E-state index is 0.0618. The molecule has 3 aromatic carbocycles. The molecule has 3 aromatic rings.